The molecule has 0 bridgehead atoms. The number of anilines is 1. The van der Waals surface area contributed by atoms with Gasteiger partial charge in [0.2, 0.25) is 0 Å². The van der Waals surface area contributed by atoms with Gasteiger partial charge in [-0.25, -0.2) is 0 Å². The average molecular weight is 243 g/mol. The Labute approximate surface area is 82.6 Å². The number of nitrogen functional groups attached to an aromatic ring is 1. The zero-order chi connectivity index (χ0) is 9.68. The first-order valence-electron chi connectivity index (χ1n) is 3.74. The maximum absolute atomic E-state index is 10.6. The summed E-state index contributed by atoms with van der Waals surface area (Å²) in [5.74, 6) is 0.521. The molecule has 1 rings (SSSR count). The molecule has 70 valence electrons. The Balaban J connectivity index is 2.79. The average Bonchev–Trinajstić information content (AvgIpc) is 2.16. The van der Waals surface area contributed by atoms with Crippen molar-refractivity contribution in [3.05, 3.63) is 18.2 Å². The summed E-state index contributed by atoms with van der Waals surface area (Å²) in [6.07, 6.45) is 0. The van der Waals surface area contributed by atoms with Crippen molar-refractivity contribution in [2.45, 2.75) is 0 Å². The van der Waals surface area contributed by atoms with Gasteiger partial charge in [-0.3, -0.25) is 0 Å². The Bertz CT molecular complexity index is 303. The molecule has 0 radical (unpaired) electrons. The number of aliphatic hydroxyl groups is 1. The van der Waals surface area contributed by atoms with E-state index in [0.717, 1.165) is 4.35 Å². The van der Waals surface area contributed by atoms with E-state index in [0.29, 0.717) is 11.4 Å². The molecule has 0 amide bonds. The summed E-state index contributed by atoms with van der Waals surface area (Å²) in [6, 6.07) is 4.99. The number of nitrogens with two attached hydrogens (primary N) is 1. The Morgan fingerprint density at radius 2 is 2.31 bits per heavy atom. The van der Waals surface area contributed by atoms with Crippen LogP contribution in [0.5, 0.6) is 5.75 Å². The first-order chi connectivity index (χ1) is 6.27. The van der Waals surface area contributed by atoms with Crippen LogP contribution in [0.1, 0.15) is 0 Å². The third-order valence-corrected chi connectivity index (χ3v) is 2.47. The van der Waals surface area contributed by atoms with Crippen LogP contribution in [0.3, 0.4) is 0 Å². The fourth-order valence-electron chi connectivity index (χ4n) is 0.880. The second-order valence-corrected chi connectivity index (χ2v) is 3.85. The number of ether oxygens (including phenoxy) is 1. The molecule has 0 aliphatic heterocycles. The molecule has 3 N–H and O–H groups in total. The fraction of sp³-hybridized carbons (Fsp3) is 0.250. The molecule has 0 saturated heterocycles. The van der Waals surface area contributed by atoms with Gasteiger partial charge in [0.1, 0.15) is 0 Å². The van der Waals surface area contributed by atoms with Gasteiger partial charge in [0.05, 0.1) is 0 Å². The zero-order valence-electron chi connectivity index (χ0n) is 6.93. The molecular weight excluding hydrogens is 233 g/mol. The van der Waals surface area contributed by atoms with E-state index in [-0.39, 0.29) is 13.2 Å². The van der Waals surface area contributed by atoms with Gasteiger partial charge in [-0.15, -0.1) is 0 Å². The summed E-state index contributed by atoms with van der Waals surface area (Å²) in [7, 11) is 0. The van der Waals surface area contributed by atoms with Crippen molar-refractivity contribution in [3.63, 3.8) is 0 Å². The molecule has 0 aliphatic carbocycles. The van der Waals surface area contributed by atoms with E-state index < -0.39 is 15.7 Å². The number of aliphatic hydroxyl groups excluding tert-OH is 1. The van der Waals surface area contributed by atoms with Crippen molar-refractivity contribution >= 4 is 25.7 Å². The Hall–Kier alpha value is -0.862. The summed E-state index contributed by atoms with van der Waals surface area (Å²) in [5.41, 5.74) is 6.06. The van der Waals surface area contributed by atoms with Crippen LogP contribution in [-0.2, 0) is 3.74 Å². The van der Waals surface area contributed by atoms with Crippen LogP contribution in [0.2, 0.25) is 0 Å². The van der Waals surface area contributed by atoms with Gasteiger partial charge in [-0.2, -0.15) is 0 Å². The van der Waals surface area contributed by atoms with Gasteiger partial charge >= 0.3 is 82.2 Å². The van der Waals surface area contributed by atoms with Crippen LogP contribution < -0.4 is 14.8 Å². The van der Waals surface area contributed by atoms with Crippen LogP contribution in [0.15, 0.2) is 18.2 Å². The van der Waals surface area contributed by atoms with Crippen LogP contribution in [-0.4, -0.2) is 34.0 Å². The zero-order valence-corrected chi connectivity index (χ0v) is 8.81. The van der Waals surface area contributed by atoms with Crippen LogP contribution in [0.4, 0.5) is 5.69 Å². The minimum atomic E-state index is -1.04. The van der Waals surface area contributed by atoms with E-state index in [1.807, 2.05) is 0 Å². The predicted molar refractivity (Wildman–Crippen MR) is 49.5 cm³/mol. The molecule has 1 aromatic carbocycles. The summed E-state index contributed by atoms with van der Waals surface area (Å²) in [6.45, 7) is 0.170. The molecule has 0 atom stereocenters. The van der Waals surface area contributed by atoms with Gasteiger partial charge in [0, 0.05) is 0 Å². The molecule has 0 unspecified atom stereocenters. The number of benzene rings is 1. The molecule has 13 heavy (non-hydrogen) atoms. The van der Waals surface area contributed by atoms with Gasteiger partial charge in [0.15, 0.2) is 0 Å². The Kier molecular flexibility index (Phi) is 3.93. The van der Waals surface area contributed by atoms with Crippen molar-refractivity contribution in [1.29, 1.82) is 0 Å². The van der Waals surface area contributed by atoms with Crippen LogP contribution in [0, 0.1) is 0 Å². The molecule has 0 fully saturated rings. The van der Waals surface area contributed by atoms with E-state index >= 15 is 0 Å². The standard InChI is InChI=1S/C8H10AsNO3/c10-7-5-6(9-12)1-2-8(7)13-4-3-11/h1-2,5,11H,3-4,10H2. The SMILES string of the molecule is Nc1cc([As]=O)ccc1OCCO. The number of hydrogen-bond donors (Lipinski definition) is 2. The van der Waals surface area contributed by atoms with E-state index in [1.165, 1.54) is 0 Å². The molecular formula is C8H10AsNO3. The molecule has 0 aromatic heterocycles. The Morgan fingerprint density at radius 3 is 2.85 bits per heavy atom. The summed E-state index contributed by atoms with van der Waals surface area (Å²) >= 11 is -1.04. The molecule has 4 nitrogen and oxygen atoms in total. The van der Waals surface area contributed by atoms with Crippen LogP contribution in [0.25, 0.3) is 0 Å². The molecule has 0 saturated carbocycles. The van der Waals surface area contributed by atoms with Gasteiger partial charge in [-0.1, -0.05) is 0 Å². The Morgan fingerprint density at radius 1 is 1.54 bits per heavy atom. The van der Waals surface area contributed by atoms with Crippen LogP contribution >= 0.6 is 0 Å². The normalized spacial score (nSPS) is 10.2. The van der Waals surface area contributed by atoms with Crippen molar-refractivity contribution < 1.29 is 13.6 Å². The first kappa shape index (κ1) is 10.2. The third-order valence-electron chi connectivity index (χ3n) is 1.45. The van der Waals surface area contributed by atoms with E-state index in [9.17, 15) is 3.74 Å². The van der Waals surface area contributed by atoms with Crippen molar-refractivity contribution in [2.75, 3.05) is 18.9 Å². The van der Waals surface area contributed by atoms with Gasteiger partial charge < -0.3 is 0 Å². The third kappa shape index (κ3) is 2.83. The molecule has 0 spiro atoms. The number of hydrogen-bond acceptors (Lipinski definition) is 4. The maximum atomic E-state index is 10.6. The monoisotopic (exact) mass is 243 g/mol. The topological polar surface area (TPSA) is 72.6 Å². The molecule has 0 aliphatic rings. The summed E-state index contributed by atoms with van der Waals surface area (Å²) < 4.78 is 16.4. The van der Waals surface area contributed by atoms with Gasteiger partial charge in [-0.05, 0) is 0 Å². The fourth-order valence-corrected chi connectivity index (χ4v) is 1.57. The second kappa shape index (κ2) is 5.00. The van der Waals surface area contributed by atoms with Crippen molar-refractivity contribution in [3.8, 4) is 5.75 Å². The van der Waals surface area contributed by atoms with Crippen molar-refractivity contribution in [1.82, 2.24) is 0 Å². The minimum absolute atomic E-state index is 0.0470. The summed E-state index contributed by atoms with van der Waals surface area (Å²) in [4.78, 5) is 0. The molecule has 5 heteroatoms. The molecule has 1 aromatic rings. The number of rotatable bonds is 4. The first-order valence-corrected chi connectivity index (χ1v) is 5.45. The predicted octanol–water partition coefficient (Wildman–Crippen LogP) is -0.685. The van der Waals surface area contributed by atoms with Gasteiger partial charge in [0.25, 0.3) is 0 Å². The quantitative estimate of drug-likeness (QED) is 0.542. The van der Waals surface area contributed by atoms with E-state index in [4.69, 9.17) is 15.6 Å². The van der Waals surface area contributed by atoms with E-state index in [2.05, 4.69) is 0 Å². The second-order valence-electron chi connectivity index (χ2n) is 2.39. The van der Waals surface area contributed by atoms with Crippen molar-refractivity contribution in [2.24, 2.45) is 0 Å². The van der Waals surface area contributed by atoms with E-state index in [1.54, 1.807) is 18.2 Å². The molecule has 0 heterocycles. The summed E-state index contributed by atoms with van der Waals surface area (Å²) in [5, 5.41) is 8.51.